The van der Waals surface area contributed by atoms with E-state index in [-0.39, 0.29) is 17.0 Å². The Morgan fingerprint density at radius 1 is 1.36 bits per heavy atom. The second-order valence-electron chi connectivity index (χ2n) is 4.98. The number of hydrogen-bond acceptors (Lipinski definition) is 5. The Balaban J connectivity index is 1.87. The Hall–Kier alpha value is -1.86. The third kappa shape index (κ3) is 2.86. The van der Waals surface area contributed by atoms with Crippen LogP contribution in [0.2, 0.25) is 0 Å². The first-order valence-electron chi connectivity index (χ1n) is 6.79. The van der Waals surface area contributed by atoms with Crippen LogP contribution in [0.5, 0.6) is 0 Å². The van der Waals surface area contributed by atoms with Gasteiger partial charge in [-0.2, -0.15) is 0 Å². The number of hydrogen-bond donors (Lipinski definition) is 0. The van der Waals surface area contributed by atoms with Crippen LogP contribution in [0.1, 0.15) is 25.5 Å². The molecule has 0 aliphatic carbocycles. The summed E-state index contributed by atoms with van der Waals surface area (Å²) in [5.74, 6) is 0.729. The van der Waals surface area contributed by atoms with Gasteiger partial charge in [0.15, 0.2) is 0 Å². The van der Waals surface area contributed by atoms with E-state index in [1.807, 2.05) is 6.92 Å². The SMILES string of the molecule is Cc1ccc([C@H]2SCCN2C(=O)c2cccc([N+](=O)[O-])c2)s1. The Morgan fingerprint density at radius 2 is 2.18 bits per heavy atom. The molecule has 0 radical (unpaired) electrons. The van der Waals surface area contributed by atoms with Crippen LogP contribution in [0.4, 0.5) is 5.69 Å². The number of carbonyl (C=O) groups excluding carboxylic acids is 1. The minimum atomic E-state index is -0.477. The van der Waals surface area contributed by atoms with Crippen LogP contribution in [0.25, 0.3) is 0 Å². The summed E-state index contributed by atoms with van der Waals surface area (Å²) in [6, 6.07) is 10.0. The summed E-state index contributed by atoms with van der Waals surface area (Å²) >= 11 is 3.42. The molecule has 114 valence electrons. The number of aryl methyl sites for hydroxylation is 1. The number of amides is 1. The minimum Gasteiger partial charge on any atom is -0.321 e. The molecular formula is C15H14N2O3S2. The van der Waals surface area contributed by atoms with Crippen molar-refractivity contribution >= 4 is 34.7 Å². The van der Waals surface area contributed by atoms with E-state index in [1.165, 1.54) is 17.0 Å². The predicted octanol–water partition coefficient (Wildman–Crippen LogP) is 3.85. The number of nitro benzene ring substituents is 1. The molecule has 0 saturated carbocycles. The lowest BCUT2D eigenvalue weighted by molar-refractivity contribution is -0.384. The van der Waals surface area contributed by atoms with Gasteiger partial charge in [-0.3, -0.25) is 14.9 Å². The Morgan fingerprint density at radius 3 is 2.86 bits per heavy atom. The van der Waals surface area contributed by atoms with E-state index >= 15 is 0 Å². The summed E-state index contributed by atoms with van der Waals surface area (Å²) in [4.78, 5) is 27.3. The van der Waals surface area contributed by atoms with Crippen molar-refractivity contribution in [3.63, 3.8) is 0 Å². The van der Waals surface area contributed by atoms with Crippen LogP contribution >= 0.6 is 23.1 Å². The molecule has 5 nitrogen and oxygen atoms in total. The highest BCUT2D eigenvalue weighted by Crippen LogP contribution is 2.41. The summed E-state index contributed by atoms with van der Waals surface area (Å²) in [7, 11) is 0. The monoisotopic (exact) mass is 334 g/mol. The third-order valence-corrected chi connectivity index (χ3v) is 5.91. The van der Waals surface area contributed by atoms with Gasteiger partial charge in [0.1, 0.15) is 5.37 Å². The van der Waals surface area contributed by atoms with Crippen LogP contribution in [0.3, 0.4) is 0 Å². The molecule has 0 unspecified atom stereocenters. The van der Waals surface area contributed by atoms with Crippen molar-refractivity contribution in [2.24, 2.45) is 0 Å². The highest BCUT2D eigenvalue weighted by molar-refractivity contribution is 7.99. The van der Waals surface area contributed by atoms with Crippen LogP contribution in [-0.2, 0) is 0 Å². The quantitative estimate of drug-likeness (QED) is 0.632. The molecule has 1 fully saturated rings. The van der Waals surface area contributed by atoms with Gasteiger partial charge in [-0.15, -0.1) is 23.1 Å². The zero-order chi connectivity index (χ0) is 15.7. The molecule has 1 saturated heterocycles. The largest absolute Gasteiger partial charge is 0.321 e. The van der Waals surface area contributed by atoms with Crippen molar-refractivity contribution in [3.05, 3.63) is 61.8 Å². The fraction of sp³-hybridized carbons (Fsp3) is 0.267. The molecular weight excluding hydrogens is 320 g/mol. The van der Waals surface area contributed by atoms with Gasteiger partial charge in [0.05, 0.1) is 4.92 Å². The molecule has 1 aliphatic rings. The molecule has 22 heavy (non-hydrogen) atoms. The molecule has 1 aliphatic heterocycles. The molecule has 2 aromatic rings. The molecule has 0 N–H and O–H groups in total. The first kappa shape index (κ1) is 15.1. The summed E-state index contributed by atoms with van der Waals surface area (Å²) < 4.78 is 0. The van der Waals surface area contributed by atoms with E-state index in [0.717, 1.165) is 10.6 Å². The number of non-ortho nitro benzene ring substituents is 1. The average Bonchev–Trinajstić information content (AvgIpc) is 3.15. The third-order valence-electron chi connectivity index (χ3n) is 3.46. The van der Waals surface area contributed by atoms with Crippen LogP contribution in [-0.4, -0.2) is 28.0 Å². The van der Waals surface area contributed by atoms with Gasteiger partial charge < -0.3 is 4.90 Å². The molecule has 1 aromatic heterocycles. The maximum atomic E-state index is 12.7. The minimum absolute atomic E-state index is 0.00506. The molecule has 3 rings (SSSR count). The van der Waals surface area contributed by atoms with Gasteiger partial charge in [0.2, 0.25) is 0 Å². The number of nitrogens with zero attached hydrogens (tertiary/aromatic N) is 2. The van der Waals surface area contributed by atoms with E-state index < -0.39 is 4.92 Å². The molecule has 7 heteroatoms. The van der Waals surface area contributed by atoms with E-state index in [0.29, 0.717) is 12.1 Å². The molecule has 1 aromatic carbocycles. The molecule has 1 amide bonds. The summed E-state index contributed by atoms with van der Waals surface area (Å²) in [6.07, 6.45) is 0. The maximum Gasteiger partial charge on any atom is 0.270 e. The fourth-order valence-electron chi connectivity index (χ4n) is 2.42. The van der Waals surface area contributed by atoms with E-state index in [9.17, 15) is 14.9 Å². The average molecular weight is 334 g/mol. The van der Waals surface area contributed by atoms with Gasteiger partial charge in [0, 0.05) is 39.7 Å². The van der Waals surface area contributed by atoms with Crippen molar-refractivity contribution in [2.45, 2.75) is 12.3 Å². The zero-order valence-corrected chi connectivity index (χ0v) is 13.5. The number of nitro groups is 1. The van der Waals surface area contributed by atoms with Gasteiger partial charge in [-0.1, -0.05) is 6.07 Å². The van der Waals surface area contributed by atoms with Crippen molar-refractivity contribution in [3.8, 4) is 0 Å². The van der Waals surface area contributed by atoms with Gasteiger partial charge in [0.25, 0.3) is 11.6 Å². The van der Waals surface area contributed by atoms with E-state index in [4.69, 9.17) is 0 Å². The van der Waals surface area contributed by atoms with Crippen LogP contribution in [0, 0.1) is 17.0 Å². The lowest BCUT2D eigenvalue weighted by Gasteiger charge is -2.23. The standard InChI is InChI=1S/C15H14N2O3S2/c1-10-5-6-13(22-10)15-16(7-8-21-15)14(18)11-3-2-4-12(9-11)17(19)20/h2-6,9,15H,7-8H2,1H3/t15-/m1/s1. The normalized spacial score (nSPS) is 17.7. The van der Waals surface area contributed by atoms with Gasteiger partial charge in [-0.05, 0) is 25.1 Å². The summed E-state index contributed by atoms with van der Waals surface area (Å²) in [6.45, 7) is 2.70. The second kappa shape index (κ2) is 6.10. The first-order valence-corrected chi connectivity index (χ1v) is 8.66. The Kier molecular flexibility index (Phi) is 4.17. The Bertz CT molecular complexity index is 729. The fourth-order valence-corrected chi connectivity index (χ4v) is 4.79. The lowest BCUT2D eigenvalue weighted by Crippen LogP contribution is -2.30. The number of benzene rings is 1. The first-order chi connectivity index (χ1) is 10.6. The number of carbonyl (C=O) groups is 1. The highest BCUT2D eigenvalue weighted by atomic mass is 32.2. The zero-order valence-electron chi connectivity index (χ0n) is 11.9. The Labute approximate surface area is 136 Å². The molecule has 2 heterocycles. The summed E-state index contributed by atoms with van der Waals surface area (Å²) in [5.41, 5.74) is 0.316. The summed E-state index contributed by atoms with van der Waals surface area (Å²) in [5, 5.41) is 10.9. The lowest BCUT2D eigenvalue weighted by atomic mass is 10.1. The molecule has 0 bridgehead atoms. The predicted molar refractivity (Wildman–Crippen MR) is 88.4 cm³/mol. The van der Waals surface area contributed by atoms with E-state index in [2.05, 4.69) is 12.1 Å². The number of rotatable bonds is 3. The van der Waals surface area contributed by atoms with Crippen molar-refractivity contribution < 1.29 is 9.72 Å². The van der Waals surface area contributed by atoms with Crippen molar-refractivity contribution in [2.75, 3.05) is 12.3 Å². The van der Waals surface area contributed by atoms with Crippen LogP contribution < -0.4 is 0 Å². The molecule has 0 spiro atoms. The van der Waals surface area contributed by atoms with Crippen molar-refractivity contribution in [1.29, 1.82) is 0 Å². The topological polar surface area (TPSA) is 63.5 Å². The molecule has 1 atom stereocenters. The van der Waals surface area contributed by atoms with Gasteiger partial charge in [-0.25, -0.2) is 0 Å². The highest BCUT2D eigenvalue weighted by Gasteiger charge is 2.32. The van der Waals surface area contributed by atoms with Crippen molar-refractivity contribution in [1.82, 2.24) is 4.90 Å². The smallest absolute Gasteiger partial charge is 0.270 e. The van der Waals surface area contributed by atoms with E-state index in [1.54, 1.807) is 40.1 Å². The number of thiophene rings is 1. The second-order valence-corrected chi connectivity index (χ2v) is 7.49. The number of thioether (sulfide) groups is 1. The van der Waals surface area contributed by atoms with Gasteiger partial charge >= 0.3 is 0 Å². The maximum absolute atomic E-state index is 12.7. The van der Waals surface area contributed by atoms with Crippen LogP contribution in [0.15, 0.2) is 36.4 Å².